The number of ether oxygens (including phenoxy) is 1. The first-order valence-corrected chi connectivity index (χ1v) is 5.33. The largest absolute Gasteiger partial charge is 0.373 e. The molecule has 1 atom stereocenters. The van der Waals surface area contributed by atoms with Crippen LogP contribution in [0.25, 0.3) is 0 Å². The van der Waals surface area contributed by atoms with Gasteiger partial charge in [-0.15, -0.1) is 12.4 Å². The summed E-state index contributed by atoms with van der Waals surface area (Å²) >= 11 is 0. The van der Waals surface area contributed by atoms with Crippen LogP contribution in [-0.2, 0) is 9.53 Å². The fraction of sp³-hybridized carbons (Fsp3) is 0.900. The second kappa shape index (κ2) is 9.84. The lowest BCUT2D eigenvalue weighted by molar-refractivity contribution is -0.141. The Morgan fingerprint density at radius 1 is 1.50 bits per heavy atom. The minimum atomic E-state index is 0. The number of hydrogen-bond donors (Lipinski definition) is 2. The van der Waals surface area contributed by atoms with Crippen molar-refractivity contribution in [2.45, 2.75) is 20.0 Å². The van der Waals surface area contributed by atoms with E-state index in [4.69, 9.17) is 10.5 Å². The molecule has 1 aliphatic heterocycles. The molecule has 0 aliphatic carbocycles. The lowest BCUT2D eigenvalue weighted by Gasteiger charge is -2.33. The van der Waals surface area contributed by atoms with E-state index in [2.05, 4.69) is 5.73 Å². The van der Waals surface area contributed by atoms with Gasteiger partial charge in [-0.05, 0) is 7.05 Å². The Morgan fingerprint density at radius 3 is 2.50 bits per heavy atom. The lowest BCUT2D eigenvalue weighted by Crippen LogP contribution is -2.49. The Bertz CT molecular complexity index is 191. The SMILES string of the molecule is CC(C)C(=O)N1CCO[C@H](CN)C1.CN.Cl. The van der Waals surface area contributed by atoms with Crippen molar-refractivity contribution in [3.05, 3.63) is 0 Å². The van der Waals surface area contributed by atoms with Gasteiger partial charge in [0.15, 0.2) is 0 Å². The molecule has 0 unspecified atom stereocenters. The second-order valence-corrected chi connectivity index (χ2v) is 3.67. The maximum Gasteiger partial charge on any atom is 0.225 e. The Labute approximate surface area is 104 Å². The molecular formula is C10H24ClN3O2. The van der Waals surface area contributed by atoms with E-state index >= 15 is 0 Å². The van der Waals surface area contributed by atoms with E-state index in [1.807, 2.05) is 18.7 Å². The Morgan fingerprint density at radius 2 is 2.06 bits per heavy atom. The molecule has 0 saturated carbocycles. The van der Waals surface area contributed by atoms with Gasteiger partial charge in [-0.1, -0.05) is 13.8 Å². The highest BCUT2D eigenvalue weighted by Gasteiger charge is 2.24. The summed E-state index contributed by atoms with van der Waals surface area (Å²) in [7, 11) is 1.50. The van der Waals surface area contributed by atoms with Gasteiger partial charge >= 0.3 is 0 Å². The molecule has 0 spiro atoms. The average molecular weight is 254 g/mol. The van der Waals surface area contributed by atoms with Crippen LogP contribution in [0.2, 0.25) is 0 Å². The molecule has 1 amide bonds. The van der Waals surface area contributed by atoms with Crippen LogP contribution in [0.5, 0.6) is 0 Å². The predicted molar refractivity (Wildman–Crippen MR) is 67.6 cm³/mol. The van der Waals surface area contributed by atoms with Gasteiger partial charge in [0, 0.05) is 25.6 Å². The topological polar surface area (TPSA) is 81.6 Å². The third kappa shape index (κ3) is 5.65. The number of halogens is 1. The summed E-state index contributed by atoms with van der Waals surface area (Å²) in [4.78, 5) is 13.4. The molecule has 4 N–H and O–H groups in total. The molecule has 1 aliphatic rings. The highest BCUT2D eigenvalue weighted by Crippen LogP contribution is 2.08. The van der Waals surface area contributed by atoms with Crippen molar-refractivity contribution in [1.29, 1.82) is 0 Å². The molecule has 1 heterocycles. The van der Waals surface area contributed by atoms with Gasteiger partial charge in [0.25, 0.3) is 0 Å². The van der Waals surface area contributed by atoms with E-state index in [0.29, 0.717) is 26.2 Å². The smallest absolute Gasteiger partial charge is 0.225 e. The van der Waals surface area contributed by atoms with Crippen LogP contribution >= 0.6 is 12.4 Å². The van der Waals surface area contributed by atoms with Crippen molar-refractivity contribution in [2.24, 2.45) is 17.4 Å². The normalized spacial score (nSPS) is 19.6. The first-order valence-electron chi connectivity index (χ1n) is 5.33. The Balaban J connectivity index is 0. The summed E-state index contributed by atoms with van der Waals surface area (Å²) in [5, 5.41) is 0. The lowest BCUT2D eigenvalue weighted by atomic mass is 10.1. The van der Waals surface area contributed by atoms with Crippen LogP contribution in [0, 0.1) is 5.92 Å². The molecule has 0 radical (unpaired) electrons. The first-order chi connectivity index (χ1) is 7.15. The standard InChI is InChI=1S/C9H18N2O2.CH5N.ClH/c1-7(2)9(12)11-3-4-13-8(5-10)6-11;1-2;/h7-8H,3-6,10H2,1-2H3;2H2,1H3;1H/t8-;;/m1../s1. The quantitative estimate of drug-likeness (QED) is 0.716. The minimum Gasteiger partial charge on any atom is -0.373 e. The molecule has 1 rings (SSSR count). The Hall–Kier alpha value is -0.360. The van der Waals surface area contributed by atoms with Crippen LogP contribution in [0.1, 0.15) is 13.8 Å². The van der Waals surface area contributed by atoms with Gasteiger partial charge in [0.05, 0.1) is 12.7 Å². The van der Waals surface area contributed by atoms with Crippen LogP contribution in [0.3, 0.4) is 0 Å². The van der Waals surface area contributed by atoms with Crippen molar-refractivity contribution in [1.82, 2.24) is 4.90 Å². The molecule has 6 heteroatoms. The van der Waals surface area contributed by atoms with Gasteiger partial charge in [0.1, 0.15) is 0 Å². The van der Waals surface area contributed by atoms with E-state index in [-0.39, 0.29) is 30.3 Å². The Kier molecular flexibility index (Phi) is 11.1. The minimum absolute atomic E-state index is 0. The second-order valence-electron chi connectivity index (χ2n) is 3.67. The number of hydrogen-bond acceptors (Lipinski definition) is 4. The van der Waals surface area contributed by atoms with Crippen molar-refractivity contribution in [2.75, 3.05) is 33.3 Å². The zero-order chi connectivity index (χ0) is 11.8. The maximum absolute atomic E-state index is 11.6. The number of morpholine rings is 1. The molecule has 0 aromatic carbocycles. The monoisotopic (exact) mass is 253 g/mol. The molecule has 0 aromatic heterocycles. The van der Waals surface area contributed by atoms with Crippen LogP contribution in [0.4, 0.5) is 0 Å². The van der Waals surface area contributed by atoms with E-state index in [0.717, 1.165) is 0 Å². The first kappa shape index (κ1) is 18.0. The molecule has 0 aromatic rings. The summed E-state index contributed by atoms with van der Waals surface area (Å²) in [6.07, 6.45) is 0.0245. The van der Waals surface area contributed by atoms with Crippen LogP contribution in [-0.4, -0.2) is 50.2 Å². The van der Waals surface area contributed by atoms with E-state index in [9.17, 15) is 4.79 Å². The van der Waals surface area contributed by atoms with Gasteiger partial charge in [-0.25, -0.2) is 0 Å². The number of nitrogens with two attached hydrogens (primary N) is 2. The predicted octanol–water partition coefficient (Wildman–Crippen LogP) is -0.175. The van der Waals surface area contributed by atoms with Gasteiger partial charge in [-0.3, -0.25) is 4.79 Å². The molecule has 5 nitrogen and oxygen atoms in total. The van der Waals surface area contributed by atoms with Crippen LogP contribution < -0.4 is 11.5 Å². The number of nitrogens with zero attached hydrogens (tertiary/aromatic N) is 1. The highest BCUT2D eigenvalue weighted by atomic mass is 35.5. The van der Waals surface area contributed by atoms with Gasteiger partial charge in [-0.2, -0.15) is 0 Å². The number of carbonyl (C=O) groups is 1. The van der Waals surface area contributed by atoms with E-state index < -0.39 is 0 Å². The summed E-state index contributed by atoms with van der Waals surface area (Å²) < 4.78 is 5.37. The van der Waals surface area contributed by atoms with Gasteiger partial charge < -0.3 is 21.1 Å². The zero-order valence-corrected chi connectivity index (χ0v) is 11.1. The van der Waals surface area contributed by atoms with E-state index in [1.165, 1.54) is 7.05 Å². The fourth-order valence-electron chi connectivity index (χ4n) is 1.43. The molecule has 1 fully saturated rings. The number of carbonyl (C=O) groups excluding carboxylic acids is 1. The summed E-state index contributed by atoms with van der Waals surface area (Å²) in [5.41, 5.74) is 9.98. The van der Waals surface area contributed by atoms with Crippen molar-refractivity contribution in [3.8, 4) is 0 Å². The average Bonchev–Trinajstić information content (AvgIpc) is 2.30. The molecule has 0 bridgehead atoms. The van der Waals surface area contributed by atoms with Crippen LogP contribution in [0.15, 0.2) is 0 Å². The molecular weight excluding hydrogens is 230 g/mol. The summed E-state index contributed by atoms with van der Waals surface area (Å²) in [6, 6.07) is 0. The van der Waals surface area contributed by atoms with Crippen molar-refractivity contribution < 1.29 is 9.53 Å². The number of rotatable bonds is 2. The highest BCUT2D eigenvalue weighted by molar-refractivity contribution is 5.85. The number of amides is 1. The van der Waals surface area contributed by atoms with Crippen molar-refractivity contribution >= 4 is 18.3 Å². The summed E-state index contributed by atoms with van der Waals surface area (Å²) in [6.45, 7) is 6.27. The van der Waals surface area contributed by atoms with Gasteiger partial charge in [0.2, 0.25) is 5.91 Å². The fourth-order valence-corrected chi connectivity index (χ4v) is 1.43. The van der Waals surface area contributed by atoms with E-state index in [1.54, 1.807) is 0 Å². The zero-order valence-electron chi connectivity index (χ0n) is 10.3. The molecule has 1 saturated heterocycles. The van der Waals surface area contributed by atoms with Crippen molar-refractivity contribution in [3.63, 3.8) is 0 Å². The third-order valence-electron chi connectivity index (χ3n) is 2.21. The summed E-state index contributed by atoms with van der Waals surface area (Å²) in [5.74, 6) is 0.262. The maximum atomic E-state index is 11.6. The third-order valence-corrected chi connectivity index (χ3v) is 2.21. The molecule has 16 heavy (non-hydrogen) atoms. The molecule has 98 valence electrons.